The zero-order chi connectivity index (χ0) is 52.2. The standard InChI is InChI=1S/C66H90N4S4Si/c1-9-15-21-27-33-65(34-28-22-16-10-2)50-42-48-51(41-47(50)57-52(65)39-45(7)59-61(57)69-73-67-59)66(35-29-23-17-11-3,36-30-24-18-12-4)53-43-49(60-62(58(48)53)70-74-68-60)54-44-56-64(72-54)63-55(40-46(8)71-63)75(56,37-31-25-19-13-5)38-32-26-20-14-6/h39-44H,9-38H2,1-8H3. The molecule has 75 heavy (non-hydrogen) atoms. The number of hydrogen-bond donors (Lipinski definition) is 0. The van der Waals surface area contributed by atoms with Gasteiger partial charge in [-0.15, -0.1) is 22.7 Å². The van der Waals surface area contributed by atoms with Crippen molar-refractivity contribution in [3.63, 3.8) is 0 Å². The summed E-state index contributed by atoms with van der Waals surface area (Å²) in [7, 11) is -1.99. The number of benzene rings is 3. The molecule has 0 amide bonds. The lowest BCUT2D eigenvalue weighted by Gasteiger charge is -2.35. The molecule has 7 aromatic rings. The summed E-state index contributed by atoms with van der Waals surface area (Å²) in [6, 6.07) is 19.1. The van der Waals surface area contributed by atoms with Crippen LogP contribution in [0.4, 0.5) is 0 Å². The second-order valence-electron chi connectivity index (χ2n) is 23.9. The molecule has 5 heterocycles. The van der Waals surface area contributed by atoms with Gasteiger partial charge in [0.15, 0.2) is 0 Å². The molecule has 4 nitrogen and oxygen atoms in total. The first-order chi connectivity index (χ1) is 36.7. The highest BCUT2D eigenvalue weighted by molar-refractivity contribution is 7.30. The lowest BCUT2D eigenvalue weighted by atomic mass is 9.68. The molecular weight excluding hydrogens is 1010 g/mol. The molecule has 0 bridgehead atoms. The first-order valence-electron chi connectivity index (χ1n) is 30.8. The maximum Gasteiger partial charge on any atom is 0.122 e. The molecule has 0 fully saturated rings. The van der Waals surface area contributed by atoms with Crippen LogP contribution in [0.5, 0.6) is 0 Å². The SMILES string of the molecule is CCCCCCC1(CCCCCC)c2cc3c(cc2-c2c1cc(C)c1nsnc21)C(CCCCCC)(CCCCCC)c1cc(-c2cc4c(s2)-c2sc(C)cc2[Si]4(CCCCCC)CCCCCC)c2nsnc2c1-3. The molecule has 402 valence electrons. The summed E-state index contributed by atoms with van der Waals surface area (Å²) < 4.78 is 21.1. The number of nitrogens with zero attached hydrogens (tertiary/aromatic N) is 4. The highest BCUT2D eigenvalue weighted by atomic mass is 32.1. The van der Waals surface area contributed by atoms with Crippen molar-refractivity contribution in [2.24, 2.45) is 0 Å². The van der Waals surface area contributed by atoms with E-state index in [0.717, 1.165) is 22.1 Å². The van der Waals surface area contributed by atoms with Gasteiger partial charge < -0.3 is 0 Å². The number of rotatable bonds is 31. The van der Waals surface area contributed by atoms with Gasteiger partial charge in [0.05, 0.1) is 23.5 Å². The Bertz CT molecular complexity index is 3020. The molecule has 0 atom stereocenters. The fraction of sp³-hybridized carbons (Fsp3) is 0.606. The molecule has 2 aliphatic carbocycles. The Morgan fingerprint density at radius 2 is 0.787 bits per heavy atom. The van der Waals surface area contributed by atoms with E-state index in [9.17, 15) is 0 Å². The van der Waals surface area contributed by atoms with Crippen LogP contribution in [0.3, 0.4) is 0 Å². The molecule has 10 rings (SSSR count). The van der Waals surface area contributed by atoms with Crippen LogP contribution in [-0.4, -0.2) is 25.6 Å². The van der Waals surface area contributed by atoms with Gasteiger partial charge in [-0.1, -0.05) is 202 Å². The number of aryl methyl sites for hydroxylation is 2. The van der Waals surface area contributed by atoms with E-state index in [1.165, 1.54) is 258 Å². The van der Waals surface area contributed by atoms with Crippen LogP contribution in [0, 0.1) is 13.8 Å². The molecule has 1 aliphatic heterocycles. The summed E-state index contributed by atoms with van der Waals surface area (Å²) in [6.07, 6.45) is 35.8. The molecule has 9 heteroatoms. The average Bonchev–Trinajstić information content (AvgIpc) is 4.38. The van der Waals surface area contributed by atoms with Gasteiger partial charge in [0, 0.05) is 47.0 Å². The molecule has 0 saturated heterocycles. The summed E-state index contributed by atoms with van der Waals surface area (Å²) in [5, 5.41) is 3.56. The largest absolute Gasteiger partial charge is 0.173 e. The Balaban J connectivity index is 1.21. The molecule has 4 aromatic heterocycles. The number of fused-ring (bicyclic) bond motifs is 13. The second kappa shape index (κ2) is 24.5. The van der Waals surface area contributed by atoms with Gasteiger partial charge in [-0.05, 0) is 131 Å². The number of hydrogen-bond acceptors (Lipinski definition) is 8. The van der Waals surface area contributed by atoms with Gasteiger partial charge in [0.25, 0.3) is 0 Å². The van der Waals surface area contributed by atoms with Crippen LogP contribution in [-0.2, 0) is 10.8 Å². The third-order valence-corrected chi connectivity index (χ3v) is 27.9. The van der Waals surface area contributed by atoms with Crippen LogP contribution in [0.15, 0.2) is 36.4 Å². The van der Waals surface area contributed by atoms with E-state index in [2.05, 4.69) is 114 Å². The summed E-state index contributed by atoms with van der Waals surface area (Å²) >= 11 is 7.08. The summed E-state index contributed by atoms with van der Waals surface area (Å²) in [5.41, 5.74) is 19.0. The number of unbranched alkanes of at least 4 members (excludes halogenated alkanes) is 18. The molecule has 0 spiro atoms. The maximum atomic E-state index is 5.49. The van der Waals surface area contributed by atoms with Crippen LogP contribution >= 0.6 is 46.1 Å². The Morgan fingerprint density at radius 1 is 0.387 bits per heavy atom. The number of aromatic nitrogens is 4. The summed E-state index contributed by atoms with van der Waals surface area (Å²) in [6.45, 7) is 18.9. The van der Waals surface area contributed by atoms with Crippen LogP contribution in [0.1, 0.15) is 254 Å². The molecule has 0 N–H and O–H groups in total. The lowest BCUT2D eigenvalue weighted by molar-refractivity contribution is 0.397. The van der Waals surface area contributed by atoms with E-state index < -0.39 is 8.07 Å². The Morgan fingerprint density at radius 3 is 1.28 bits per heavy atom. The van der Waals surface area contributed by atoms with Gasteiger partial charge in [0.2, 0.25) is 0 Å². The van der Waals surface area contributed by atoms with Gasteiger partial charge in [0.1, 0.15) is 30.1 Å². The number of thiophene rings is 2. The van der Waals surface area contributed by atoms with Crippen molar-refractivity contribution >= 4 is 86.6 Å². The van der Waals surface area contributed by atoms with E-state index >= 15 is 0 Å². The predicted octanol–water partition coefficient (Wildman–Crippen LogP) is 21.2. The molecule has 0 saturated carbocycles. The summed E-state index contributed by atoms with van der Waals surface area (Å²) in [4.78, 5) is 6.19. The van der Waals surface area contributed by atoms with Gasteiger partial charge >= 0.3 is 0 Å². The normalized spacial score (nSPS) is 15.3. The van der Waals surface area contributed by atoms with E-state index in [-0.39, 0.29) is 10.8 Å². The third-order valence-electron chi connectivity index (χ3n) is 18.9. The van der Waals surface area contributed by atoms with E-state index in [0.29, 0.717) is 0 Å². The van der Waals surface area contributed by atoms with Gasteiger partial charge in [-0.25, -0.2) is 0 Å². The van der Waals surface area contributed by atoms with Crippen molar-refractivity contribution in [2.75, 3.05) is 0 Å². The first-order valence-corrected chi connectivity index (χ1v) is 36.3. The second-order valence-corrected chi connectivity index (χ2v) is 31.5. The minimum absolute atomic E-state index is 0.0587. The third kappa shape index (κ3) is 10.1. The topological polar surface area (TPSA) is 51.6 Å². The first kappa shape index (κ1) is 55.2. The zero-order valence-electron chi connectivity index (χ0n) is 47.6. The lowest BCUT2D eigenvalue weighted by Crippen LogP contribution is -2.54. The maximum absolute atomic E-state index is 5.49. The quantitative estimate of drug-likeness (QED) is 0.0321. The monoisotopic (exact) mass is 1090 g/mol. The smallest absolute Gasteiger partial charge is 0.122 e. The predicted molar refractivity (Wildman–Crippen MR) is 335 cm³/mol. The van der Waals surface area contributed by atoms with Crippen molar-refractivity contribution in [3.8, 4) is 42.4 Å². The molecular formula is C66H90N4S4Si. The average molecular weight is 1100 g/mol. The van der Waals surface area contributed by atoms with Crippen LogP contribution in [0.2, 0.25) is 12.1 Å². The minimum atomic E-state index is -1.99. The van der Waals surface area contributed by atoms with Crippen LogP contribution in [0.25, 0.3) is 64.5 Å². The highest BCUT2D eigenvalue weighted by Crippen LogP contribution is 2.63. The van der Waals surface area contributed by atoms with E-state index in [4.69, 9.17) is 17.5 Å². The van der Waals surface area contributed by atoms with Gasteiger partial charge in [-0.2, -0.15) is 17.5 Å². The highest BCUT2D eigenvalue weighted by Gasteiger charge is 2.51. The van der Waals surface area contributed by atoms with Crippen molar-refractivity contribution in [1.82, 2.24) is 17.5 Å². The summed E-state index contributed by atoms with van der Waals surface area (Å²) in [5.74, 6) is 0. The van der Waals surface area contributed by atoms with Crippen LogP contribution < -0.4 is 10.4 Å². The molecule has 0 unspecified atom stereocenters. The Kier molecular flexibility index (Phi) is 18.1. The molecule has 3 aromatic carbocycles. The fourth-order valence-corrected chi connectivity index (χ4v) is 25.5. The Hall–Kier alpha value is -3.08. The van der Waals surface area contributed by atoms with E-state index in [1.807, 2.05) is 0 Å². The van der Waals surface area contributed by atoms with Gasteiger partial charge in [-0.3, -0.25) is 0 Å². The van der Waals surface area contributed by atoms with Crippen molar-refractivity contribution < 1.29 is 0 Å². The van der Waals surface area contributed by atoms with Crippen molar-refractivity contribution in [1.29, 1.82) is 0 Å². The molecule has 3 aliphatic rings. The van der Waals surface area contributed by atoms with Crippen molar-refractivity contribution in [2.45, 2.75) is 258 Å². The minimum Gasteiger partial charge on any atom is -0.173 e. The fourth-order valence-electron chi connectivity index (χ4n) is 15.0. The Labute approximate surface area is 470 Å². The molecule has 0 radical (unpaired) electrons. The van der Waals surface area contributed by atoms with E-state index in [1.54, 1.807) is 42.4 Å². The van der Waals surface area contributed by atoms with Crippen molar-refractivity contribution in [3.05, 3.63) is 69.1 Å². The zero-order valence-corrected chi connectivity index (χ0v) is 51.9.